The number of nitriles is 1. The van der Waals surface area contributed by atoms with E-state index in [1.165, 1.54) is 0 Å². The number of amides is 1. The molecule has 1 unspecified atom stereocenters. The van der Waals surface area contributed by atoms with Gasteiger partial charge in [0, 0.05) is 0 Å². The van der Waals surface area contributed by atoms with E-state index in [4.69, 9.17) is 16.9 Å². The van der Waals surface area contributed by atoms with Crippen molar-refractivity contribution in [2.45, 2.75) is 19.8 Å². The first-order chi connectivity index (χ1) is 8.10. The SMILES string of the molecule is CCCC(C#N)C(=O)Nc1cccc(Cl)c1Br. The van der Waals surface area contributed by atoms with E-state index in [1.807, 2.05) is 13.0 Å². The van der Waals surface area contributed by atoms with Crippen molar-refractivity contribution in [1.82, 2.24) is 0 Å². The summed E-state index contributed by atoms with van der Waals surface area (Å²) in [6, 6.07) is 7.18. The number of benzene rings is 1. The smallest absolute Gasteiger partial charge is 0.241 e. The Kier molecular flexibility index (Phi) is 5.46. The molecule has 1 rings (SSSR count). The largest absolute Gasteiger partial charge is 0.324 e. The van der Waals surface area contributed by atoms with Crippen molar-refractivity contribution in [2.75, 3.05) is 5.32 Å². The number of carbonyl (C=O) groups excluding carboxylic acids is 1. The van der Waals surface area contributed by atoms with Crippen LogP contribution >= 0.6 is 27.5 Å². The second-order valence-corrected chi connectivity index (χ2v) is 4.76. The molecule has 0 aliphatic rings. The molecule has 0 spiro atoms. The van der Waals surface area contributed by atoms with Gasteiger partial charge in [0.1, 0.15) is 5.92 Å². The first-order valence-corrected chi connectivity index (χ1v) is 6.41. The summed E-state index contributed by atoms with van der Waals surface area (Å²) in [7, 11) is 0. The Morgan fingerprint density at radius 3 is 2.94 bits per heavy atom. The molecular formula is C12H12BrClN2O. The van der Waals surface area contributed by atoms with Gasteiger partial charge >= 0.3 is 0 Å². The van der Waals surface area contributed by atoms with Gasteiger partial charge in [-0.2, -0.15) is 5.26 Å². The van der Waals surface area contributed by atoms with Crippen molar-refractivity contribution >= 4 is 39.1 Å². The number of hydrogen-bond acceptors (Lipinski definition) is 2. The lowest BCUT2D eigenvalue weighted by atomic mass is 10.0. The zero-order valence-corrected chi connectivity index (χ0v) is 11.7. The maximum absolute atomic E-state index is 11.8. The van der Waals surface area contributed by atoms with Gasteiger partial charge in [-0.25, -0.2) is 0 Å². The van der Waals surface area contributed by atoms with E-state index in [9.17, 15) is 4.79 Å². The molecule has 0 aromatic heterocycles. The summed E-state index contributed by atoms with van der Waals surface area (Å²) >= 11 is 9.20. The summed E-state index contributed by atoms with van der Waals surface area (Å²) in [4.78, 5) is 11.8. The molecule has 5 heteroatoms. The summed E-state index contributed by atoms with van der Waals surface area (Å²) in [6.07, 6.45) is 1.35. The molecule has 0 radical (unpaired) electrons. The lowest BCUT2D eigenvalue weighted by Crippen LogP contribution is -2.21. The second kappa shape index (κ2) is 6.63. The van der Waals surface area contributed by atoms with Crippen LogP contribution in [-0.2, 0) is 4.79 Å². The summed E-state index contributed by atoms with van der Waals surface area (Å²) in [5, 5.41) is 12.1. The molecule has 0 heterocycles. The van der Waals surface area contributed by atoms with Gasteiger partial charge in [-0.15, -0.1) is 0 Å². The Labute approximate surface area is 114 Å². The summed E-state index contributed by atoms with van der Waals surface area (Å²) in [5.41, 5.74) is 0.582. The third-order valence-corrected chi connectivity index (χ3v) is 3.66. The van der Waals surface area contributed by atoms with E-state index in [-0.39, 0.29) is 5.91 Å². The number of nitrogens with one attached hydrogen (secondary N) is 1. The van der Waals surface area contributed by atoms with Gasteiger partial charge in [-0.1, -0.05) is 31.0 Å². The number of rotatable bonds is 4. The number of nitrogens with zero attached hydrogens (tertiary/aromatic N) is 1. The maximum atomic E-state index is 11.8. The fraction of sp³-hybridized carbons (Fsp3) is 0.333. The number of anilines is 1. The topological polar surface area (TPSA) is 52.9 Å². The summed E-state index contributed by atoms with van der Waals surface area (Å²) in [6.45, 7) is 1.94. The molecule has 17 heavy (non-hydrogen) atoms. The number of carbonyl (C=O) groups is 1. The molecule has 0 aliphatic carbocycles. The second-order valence-electron chi connectivity index (χ2n) is 3.56. The summed E-state index contributed by atoms with van der Waals surface area (Å²) in [5.74, 6) is -0.914. The summed E-state index contributed by atoms with van der Waals surface area (Å²) < 4.78 is 0.628. The maximum Gasteiger partial charge on any atom is 0.241 e. The van der Waals surface area contributed by atoms with E-state index in [2.05, 4.69) is 21.2 Å². The molecule has 0 saturated heterocycles. The first kappa shape index (κ1) is 14.0. The lowest BCUT2D eigenvalue weighted by Gasteiger charge is -2.11. The van der Waals surface area contributed by atoms with Gasteiger partial charge in [-0.05, 0) is 34.5 Å². The Balaban J connectivity index is 2.81. The molecule has 1 N–H and O–H groups in total. The molecule has 1 aromatic carbocycles. The quantitative estimate of drug-likeness (QED) is 0.913. The third kappa shape index (κ3) is 3.72. The van der Waals surface area contributed by atoms with Gasteiger partial charge in [0.2, 0.25) is 5.91 Å². The third-order valence-electron chi connectivity index (χ3n) is 2.26. The van der Waals surface area contributed by atoms with Crippen LogP contribution in [0.2, 0.25) is 5.02 Å². The predicted octanol–water partition coefficient (Wildman–Crippen LogP) is 3.98. The van der Waals surface area contributed by atoms with Crippen LogP contribution in [-0.4, -0.2) is 5.91 Å². The molecule has 0 saturated carbocycles. The van der Waals surface area contributed by atoms with Crippen LogP contribution in [0, 0.1) is 17.2 Å². The Morgan fingerprint density at radius 2 is 2.35 bits per heavy atom. The van der Waals surface area contributed by atoms with Crippen molar-refractivity contribution in [3.63, 3.8) is 0 Å². The molecule has 1 amide bonds. The highest BCUT2D eigenvalue weighted by atomic mass is 79.9. The van der Waals surface area contributed by atoms with Gasteiger partial charge < -0.3 is 5.32 Å². The Bertz CT molecular complexity index is 456. The van der Waals surface area contributed by atoms with Crippen molar-refractivity contribution in [2.24, 2.45) is 5.92 Å². The van der Waals surface area contributed by atoms with Gasteiger partial charge in [-0.3, -0.25) is 4.79 Å². The van der Waals surface area contributed by atoms with Crippen LogP contribution in [0.4, 0.5) is 5.69 Å². The fourth-order valence-corrected chi connectivity index (χ4v) is 1.90. The molecule has 90 valence electrons. The van der Waals surface area contributed by atoms with Crippen molar-refractivity contribution < 1.29 is 4.79 Å². The predicted molar refractivity (Wildman–Crippen MR) is 71.8 cm³/mol. The van der Waals surface area contributed by atoms with Gasteiger partial charge in [0.15, 0.2) is 0 Å². The average Bonchev–Trinajstić information content (AvgIpc) is 2.31. The first-order valence-electron chi connectivity index (χ1n) is 5.24. The van der Waals surface area contributed by atoms with Crippen molar-refractivity contribution in [3.05, 3.63) is 27.7 Å². The van der Waals surface area contributed by atoms with Crippen LogP contribution in [0.3, 0.4) is 0 Å². The van der Waals surface area contributed by atoms with Gasteiger partial charge in [0.05, 0.1) is 21.3 Å². The van der Waals surface area contributed by atoms with Gasteiger partial charge in [0.25, 0.3) is 0 Å². The highest BCUT2D eigenvalue weighted by molar-refractivity contribution is 9.10. The van der Waals surface area contributed by atoms with Crippen molar-refractivity contribution in [1.29, 1.82) is 5.26 Å². The van der Waals surface area contributed by atoms with E-state index in [0.717, 1.165) is 6.42 Å². The van der Waals surface area contributed by atoms with Crippen LogP contribution < -0.4 is 5.32 Å². The minimum atomic E-state index is -0.620. The monoisotopic (exact) mass is 314 g/mol. The van der Waals surface area contributed by atoms with Crippen LogP contribution in [0.1, 0.15) is 19.8 Å². The van der Waals surface area contributed by atoms with Crippen LogP contribution in [0.5, 0.6) is 0 Å². The van der Waals surface area contributed by atoms with E-state index in [0.29, 0.717) is 21.6 Å². The van der Waals surface area contributed by atoms with Crippen LogP contribution in [0.25, 0.3) is 0 Å². The highest BCUT2D eigenvalue weighted by Crippen LogP contribution is 2.30. The zero-order valence-electron chi connectivity index (χ0n) is 9.34. The van der Waals surface area contributed by atoms with E-state index < -0.39 is 5.92 Å². The van der Waals surface area contributed by atoms with Crippen LogP contribution in [0.15, 0.2) is 22.7 Å². The van der Waals surface area contributed by atoms with Crippen molar-refractivity contribution in [3.8, 4) is 6.07 Å². The molecule has 0 bridgehead atoms. The highest BCUT2D eigenvalue weighted by Gasteiger charge is 2.17. The lowest BCUT2D eigenvalue weighted by molar-refractivity contribution is -0.118. The number of hydrogen-bond donors (Lipinski definition) is 1. The fourth-order valence-electron chi connectivity index (χ4n) is 1.36. The zero-order chi connectivity index (χ0) is 12.8. The van der Waals surface area contributed by atoms with E-state index >= 15 is 0 Å². The minimum absolute atomic E-state index is 0.294. The molecule has 1 atom stereocenters. The normalized spacial score (nSPS) is 11.6. The standard InChI is InChI=1S/C12H12BrClN2O/c1-2-4-8(7-15)12(17)16-10-6-3-5-9(14)11(10)13/h3,5-6,8H,2,4H2,1H3,(H,16,17). The molecule has 0 aliphatic heterocycles. The minimum Gasteiger partial charge on any atom is -0.324 e. The van der Waals surface area contributed by atoms with E-state index in [1.54, 1.807) is 18.2 Å². The molecular weight excluding hydrogens is 304 g/mol. The Morgan fingerprint density at radius 1 is 1.65 bits per heavy atom. The average molecular weight is 316 g/mol. The Hall–Kier alpha value is -1.05. The number of halogens is 2. The molecule has 3 nitrogen and oxygen atoms in total. The molecule has 0 fully saturated rings. The molecule has 1 aromatic rings.